The smallest absolute Gasteiger partial charge is 0.258 e. The molecule has 0 aromatic heterocycles. The van der Waals surface area contributed by atoms with Gasteiger partial charge in [0.25, 0.3) is 5.91 Å². The number of methoxy groups -OCH3 is 4. The highest BCUT2D eigenvalue weighted by molar-refractivity contribution is 5.85. The predicted octanol–water partition coefficient (Wildman–Crippen LogP) is 4.10. The first-order valence-electron chi connectivity index (χ1n) is 11.2. The lowest BCUT2D eigenvalue weighted by Crippen LogP contribution is -2.28. The van der Waals surface area contributed by atoms with E-state index in [0.717, 1.165) is 16.7 Å². The summed E-state index contributed by atoms with van der Waals surface area (Å²) >= 11 is 0. The molecule has 1 atom stereocenters. The predicted molar refractivity (Wildman–Crippen MR) is 133 cm³/mol. The molecule has 0 spiro atoms. The molecular formula is C27H29N3O5. The van der Waals surface area contributed by atoms with Gasteiger partial charge in [0.15, 0.2) is 23.0 Å². The Hall–Kier alpha value is -4.04. The molecule has 0 N–H and O–H groups in total. The molecule has 8 heteroatoms. The molecule has 1 fully saturated rings. The number of carbonyl (C=O) groups excluding carboxylic acids is 1. The lowest BCUT2D eigenvalue weighted by atomic mass is 10.1. The monoisotopic (exact) mass is 475 g/mol. The van der Waals surface area contributed by atoms with Crippen molar-refractivity contribution in [2.24, 2.45) is 5.10 Å². The van der Waals surface area contributed by atoms with Gasteiger partial charge < -0.3 is 18.9 Å². The first-order chi connectivity index (χ1) is 17.1. The molecule has 1 aliphatic rings. The first kappa shape index (κ1) is 24.1. The highest BCUT2D eigenvalue weighted by Crippen LogP contribution is 2.37. The number of hydrazone groups is 1. The van der Waals surface area contributed by atoms with Crippen LogP contribution in [0.4, 0.5) is 0 Å². The number of rotatable bonds is 9. The third kappa shape index (κ3) is 5.22. The SMILES string of the molecule is COc1ccc(/C=N\N2C(=O)CN(Cc3ccccc3)[C@@H]2c2ccc(OC)c(OC)c2)cc1OC. The number of amides is 1. The van der Waals surface area contributed by atoms with Gasteiger partial charge in [-0.3, -0.25) is 9.69 Å². The Kier molecular flexibility index (Phi) is 7.52. The Labute approximate surface area is 205 Å². The van der Waals surface area contributed by atoms with Crippen LogP contribution in [0.2, 0.25) is 0 Å². The zero-order chi connectivity index (χ0) is 24.8. The quantitative estimate of drug-likeness (QED) is 0.434. The minimum atomic E-state index is -0.418. The zero-order valence-corrected chi connectivity index (χ0v) is 20.3. The highest BCUT2D eigenvalue weighted by atomic mass is 16.5. The van der Waals surface area contributed by atoms with Crippen molar-refractivity contribution < 1.29 is 23.7 Å². The van der Waals surface area contributed by atoms with E-state index in [1.807, 2.05) is 60.7 Å². The average molecular weight is 476 g/mol. The van der Waals surface area contributed by atoms with E-state index in [9.17, 15) is 4.79 Å². The summed E-state index contributed by atoms with van der Waals surface area (Å²) in [5.41, 5.74) is 2.76. The summed E-state index contributed by atoms with van der Waals surface area (Å²) in [7, 11) is 6.36. The first-order valence-corrected chi connectivity index (χ1v) is 11.2. The maximum atomic E-state index is 13.2. The Morgan fingerprint density at radius 1 is 0.829 bits per heavy atom. The van der Waals surface area contributed by atoms with Gasteiger partial charge in [-0.1, -0.05) is 36.4 Å². The van der Waals surface area contributed by atoms with Crippen LogP contribution in [0.3, 0.4) is 0 Å². The van der Waals surface area contributed by atoms with E-state index in [2.05, 4.69) is 10.0 Å². The Balaban J connectivity index is 1.70. The molecule has 1 saturated heterocycles. The van der Waals surface area contributed by atoms with Crippen molar-refractivity contribution in [1.82, 2.24) is 9.91 Å². The number of ether oxygens (including phenoxy) is 4. The van der Waals surface area contributed by atoms with Gasteiger partial charge in [-0.15, -0.1) is 0 Å². The normalized spacial score (nSPS) is 16.1. The van der Waals surface area contributed by atoms with E-state index in [1.54, 1.807) is 40.7 Å². The van der Waals surface area contributed by atoms with Gasteiger partial charge in [-0.2, -0.15) is 5.10 Å². The van der Waals surface area contributed by atoms with Crippen molar-refractivity contribution in [1.29, 1.82) is 0 Å². The van der Waals surface area contributed by atoms with Gasteiger partial charge in [0, 0.05) is 6.54 Å². The van der Waals surface area contributed by atoms with Gasteiger partial charge in [0.1, 0.15) is 6.17 Å². The topological polar surface area (TPSA) is 72.8 Å². The van der Waals surface area contributed by atoms with Gasteiger partial charge in [0.05, 0.1) is 41.2 Å². The number of benzene rings is 3. The second-order valence-electron chi connectivity index (χ2n) is 7.98. The molecule has 182 valence electrons. The molecule has 1 amide bonds. The van der Waals surface area contributed by atoms with Crippen molar-refractivity contribution in [2.75, 3.05) is 35.0 Å². The fraction of sp³-hybridized carbons (Fsp3) is 0.259. The molecule has 35 heavy (non-hydrogen) atoms. The van der Waals surface area contributed by atoms with E-state index in [0.29, 0.717) is 29.5 Å². The Morgan fingerprint density at radius 2 is 1.46 bits per heavy atom. The lowest BCUT2D eigenvalue weighted by Gasteiger charge is -2.28. The minimum absolute atomic E-state index is 0.0996. The maximum absolute atomic E-state index is 13.2. The summed E-state index contributed by atoms with van der Waals surface area (Å²) < 4.78 is 21.6. The van der Waals surface area contributed by atoms with Crippen LogP contribution in [-0.2, 0) is 11.3 Å². The van der Waals surface area contributed by atoms with E-state index in [4.69, 9.17) is 18.9 Å². The van der Waals surface area contributed by atoms with Crippen LogP contribution in [0, 0.1) is 0 Å². The van der Waals surface area contributed by atoms with Crippen molar-refractivity contribution in [3.8, 4) is 23.0 Å². The fourth-order valence-electron chi connectivity index (χ4n) is 4.14. The Morgan fingerprint density at radius 3 is 2.11 bits per heavy atom. The van der Waals surface area contributed by atoms with Crippen LogP contribution in [0.25, 0.3) is 0 Å². The second-order valence-corrected chi connectivity index (χ2v) is 7.98. The largest absolute Gasteiger partial charge is 0.493 e. The molecule has 1 aliphatic heterocycles. The summed E-state index contributed by atoms with van der Waals surface area (Å²) in [4.78, 5) is 15.2. The zero-order valence-electron chi connectivity index (χ0n) is 20.3. The van der Waals surface area contributed by atoms with Crippen LogP contribution in [0.1, 0.15) is 22.9 Å². The molecule has 0 radical (unpaired) electrons. The van der Waals surface area contributed by atoms with Gasteiger partial charge in [0.2, 0.25) is 0 Å². The number of hydrogen-bond acceptors (Lipinski definition) is 7. The van der Waals surface area contributed by atoms with Gasteiger partial charge in [-0.25, -0.2) is 5.01 Å². The van der Waals surface area contributed by atoms with E-state index < -0.39 is 6.17 Å². The van der Waals surface area contributed by atoms with Gasteiger partial charge in [-0.05, 0) is 47.0 Å². The van der Waals surface area contributed by atoms with Crippen LogP contribution < -0.4 is 18.9 Å². The summed E-state index contributed by atoms with van der Waals surface area (Å²) in [5.74, 6) is 2.33. The summed E-state index contributed by atoms with van der Waals surface area (Å²) in [5, 5.41) is 6.12. The minimum Gasteiger partial charge on any atom is -0.493 e. The Bertz CT molecular complexity index is 1200. The molecule has 8 nitrogen and oxygen atoms in total. The third-order valence-electron chi connectivity index (χ3n) is 5.84. The van der Waals surface area contributed by atoms with Crippen LogP contribution >= 0.6 is 0 Å². The van der Waals surface area contributed by atoms with Crippen LogP contribution in [0.5, 0.6) is 23.0 Å². The summed E-state index contributed by atoms with van der Waals surface area (Å²) in [6.07, 6.45) is 1.23. The molecule has 0 aliphatic carbocycles. The van der Waals surface area contributed by atoms with Crippen molar-refractivity contribution in [2.45, 2.75) is 12.7 Å². The highest BCUT2D eigenvalue weighted by Gasteiger charge is 2.39. The van der Waals surface area contributed by atoms with E-state index >= 15 is 0 Å². The van der Waals surface area contributed by atoms with E-state index in [-0.39, 0.29) is 12.5 Å². The number of hydrogen-bond donors (Lipinski definition) is 0. The van der Waals surface area contributed by atoms with Crippen LogP contribution in [-0.4, -0.2) is 57.0 Å². The molecule has 4 rings (SSSR count). The summed E-state index contributed by atoms with van der Waals surface area (Å²) in [6.45, 7) is 0.825. The van der Waals surface area contributed by atoms with E-state index in [1.165, 1.54) is 5.01 Å². The van der Waals surface area contributed by atoms with Crippen LogP contribution in [0.15, 0.2) is 71.8 Å². The molecule has 0 saturated carbocycles. The third-order valence-corrected chi connectivity index (χ3v) is 5.84. The number of nitrogens with zero attached hydrogens (tertiary/aromatic N) is 3. The molecule has 0 unspecified atom stereocenters. The lowest BCUT2D eigenvalue weighted by molar-refractivity contribution is -0.128. The molecule has 0 bridgehead atoms. The molecule has 1 heterocycles. The van der Waals surface area contributed by atoms with Gasteiger partial charge >= 0.3 is 0 Å². The standard InChI is InChI=1S/C27H29N3O5/c1-32-22-12-10-20(14-24(22)34-3)16-28-30-26(31)18-29(17-19-8-6-5-7-9-19)27(30)21-11-13-23(33-2)25(15-21)35-4/h5-16,27H,17-18H2,1-4H3/b28-16-/t27-/m0/s1. The molecule has 3 aromatic carbocycles. The number of carbonyl (C=O) groups is 1. The second kappa shape index (κ2) is 10.9. The maximum Gasteiger partial charge on any atom is 0.258 e. The molecule has 3 aromatic rings. The summed E-state index contributed by atoms with van der Waals surface area (Å²) in [6, 6.07) is 21.2. The molecular weight excluding hydrogens is 446 g/mol. The average Bonchev–Trinajstić information content (AvgIpc) is 3.21. The van der Waals surface area contributed by atoms with Crippen molar-refractivity contribution in [3.63, 3.8) is 0 Å². The van der Waals surface area contributed by atoms with Crippen molar-refractivity contribution >= 4 is 12.1 Å². The fourth-order valence-corrected chi connectivity index (χ4v) is 4.14. The van der Waals surface area contributed by atoms with Crippen molar-refractivity contribution in [3.05, 3.63) is 83.4 Å².